The van der Waals surface area contributed by atoms with Crippen LogP contribution in [-0.2, 0) is 0 Å². The highest BCUT2D eigenvalue weighted by molar-refractivity contribution is 5.11. The molecule has 4 rings (SSSR count). The van der Waals surface area contributed by atoms with Gasteiger partial charge in [-0.25, -0.2) is 0 Å². The Morgan fingerprint density at radius 2 is 1.85 bits per heavy atom. The van der Waals surface area contributed by atoms with Crippen LogP contribution in [0.4, 0.5) is 0 Å². The van der Waals surface area contributed by atoms with Gasteiger partial charge in [-0.05, 0) is 73.5 Å². The van der Waals surface area contributed by atoms with Gasteiger partial charge in [0.25, 0.3) is 0 Å². The van der Waals surface area contributed by atoms with Gasteiger partial charge in [-0.15, -0.1) is 12.3 Å². The molecule has 0 amide bonds. The Morgan fingerprint density at radius 3 is 2.35 bits per heavy atom. The molecule has 112 valence electrons. The predicted octanol–water partition coefficient (Wildman–Crippen LogP) is 3.62. The Kier molecular flexibility index (Phi) is 3.42. The third-order valence-corrected chi connectivity index (χ3v) is 6.29. The molecule has 3 N–H and O–H groups in total. The molecule has 4 aliphatic rings. The molecule has 0 aromatic heterocycles. The normalized spacial score (nSPS) is 47.2. The first kappa shape index (κ1) is 14.4. The Hall–Kier alpha value is -0.520. The molecule has 0 aromatic rings. The lowest BCUT2D eigenvalue weighted by Crippen LogP contribution is -2.56. The number of nitrogens with two attached hydrogens (primary N) is 1. The van der Waals surface area contributed by atoms with Crippen LogP contribution < -0.4 is 11.3 Å². The first-order valence-corrected chi connectivity index (χ1v) is 8.30. The fourth-order valence-corrected chi connectivity index (χ4v) is 6.94. The van der Waals surface area contributed by atoms with E-state index in [2.05, 4.69) is 25.2 Å². The topological polar surface area (TPSA) is 38.0 Å². The van der Waals surface area contributed by atoms with Crippen molar-refractivity contribution in [1.29, 1.82) is 0 Å². The molecule has 0 saturated heterocycles. The number of nitrogens with one attached hydrogen (secondary N) is 1. The average molecular weight is 274 g/mol. The number of hydrazine groups is 1. The van der Waals surface area contributed by atoms with E-state index in [1.54, 1.807) is 0 Å². The summed E-state index contributed by atoms with van der Waals surface area (Å²) in [5, 5.41) is 0. The predicted molar refractivity (Wildman–Crippen MR) is 83.6 cm³/mol. The van der Waals surface area contributed by atoms with E-state index in [1.165, 1.54) is 44.9 Å². The molecule has 0 spiro atoms. The zero-order chi connectivity index (χ0) is 14.4. The van der Waals surface area contributed by atoms with E-state index in [9.17, 15) is 0 Å². The third-order valence-electron chi connectivity index (χ3n) is 6.29. The summed E-state index contributed by atoms with van der Waals surface area (Å²) in [6, 6.07) is 0.398. The van der Waals surface area contributed by atoms with Crippen LogP contribution in [0.2, 0.25) is 0 Å². The summed E-state index contributed by atoms with van der Waals surface area (Å²) in [5.41, 5.74) is 4.77. The fourth-order valence-electron chi connectivity index (χ4n) is 6.94. The lowest BCUT2D eigenvalue weighted by molar-refractivity contribution is -0.150. The van der Waals surface area contributed by atoms with Gasteiger partial charge in [-0.2, -0.15) is 0 Å². The van der Waals surface area contributed by atoms with Crippen LogP contribution in [0.3, 0.4) is 0 Å². The Balaban J connectivity index is 1.77. The van der Waals surface area contributed by atoms with Crippen molar-refractivity contribution in [3.8, 4) is 12.3 Å². The van der Waals surface area contributed by atoms with Crippen LogP contribution in [0.25, 0.3) is 0 Å². The summed E-state index contributed by atoms with van der Waals surface area (Å²) in [7, 11) is 0. The molecule has 4 aliphatic carbocycles. The summed E-state index contributed by atoms with van der Waals surface area (Å²) in [4.78, 5) is 0. The molecular weight excluding hydrogens is 244 g/mol. The van der Waals surface area contributed by atoms with Gasteiger partial charge in [0.05, 0.1) is 0 Å². The largest absolute Gasteiger partial charge is 0.271 e. The van der Waals surface area contributed by atoms with Gasteiger partial charge in [0.15, 0.2) is 0 Å². The maximum Gasteiger partial charge on any atom is 0.0224 e. The van der Waals surface area contributed by atoms with E-state index < -0.39 is 0 Å². The molecular formula is C18H30N2. The highest BCUT2D eigenvalue weighted by Gasteiger charge is 2.59. The van der Waals surface area contributed by atoms with Crippen LogP contribution in [0.5, 0.6) is 0 Å². The Bertz CT molecular complexity index is 404. The highest BCUT2D eigenvalue weighted by Crippen LogP contribution is 2.70. The molecule has 3 unspecified atom stereocenters. The van der Waals surface area contributed by atoms with Crippen molar-refractivity contribution in [3.05, 3.63) is 0 Å². The molecule has 3 atom stereocenters. The van der Waals surface area contributed by atoms with E-state index in [-0.39, 0.29) is 0 Å². The fraction of sp³-hybridized carbons (Fsp3) is 0.889. The number of hydrogen-bond donors (Lipinski definition) is 2. The molecule has 4 fully saturated rings. The van der Waals surface area contributed by atoms with E-state index in [0.717, 1.165) is 18.8 Å². The summed E-state index contributed by atoms with van der Waals surface area (Å²) >= 11 is 0. The number of terminal acetylenes is 1. The van der Waals surface area contributed by atoms with Crippen LogP contribution in [-0.4, -0.2) is 6.04 Å². The first-order chi connectivity index (χ1) is 9.40. The maximum atomic E-state index is 5.79. The van der Waals surface area contributed by atoms with Gasteiger partial charge in [-0.1, -0.05) is 13.8 Å². The maximum absolute atomic E-state index is 5.79. The Morgan fingerprint density at radius 1 is 1.20 bits per heavy atom. The minimum absolute atomic E-state index is 0.398. The molecule has 0 radical (unpaired) electrons. The zero-order valence-electron chi connectivity index (χ0n) is 13.2. The lowest BCUT2D eigenvalue weighted by Gasteiger charge is -2.66. The summed E-state index contributed by atoms with van der Waals surface area (Å²) in [6.45, 7) is 5.08. The van der Waals surface area contributed by atoms with E-state index in [0.29, 0.717) is 22.3 Å². The van der Waals surface area contributed by atoms with Gasteiger partial charge in [0, 0.05) is 12.5 Å². The average Bonchev–Trinajstić information content (AvgIpc) is 2.29. The molecule has 0 heterocycles. The summed E-state index contributed by atoms with van der Waals surface area (Å²) in [6.07, 6.45) is 17.2. The van der Waals surface area contributed by atoms with Crippen molar-refractivity contribution in [3.63, 3.8) is 0 Å². The van der Waals surface area contributed by atoms with Crippen molar-refractivity contribution in [2.45, 2.75) is 77.7 Å². The Labute approximate surface area is 124 Å². The molecule has 4 saturated carbocycles. The zero-order valence-corrected chi connectivity index (χ0v) is 13.2. The van der Waals surface area contributed by atoms with Crippen LogP contribution in [0, 0.1) is 34.5 Å². The minimum Gasteiger partial charge on any atom is -0.271 e. The van der Waals surface area contributed by atoms with Crippen molar-refractivity contribution in [1.82, 2.24) is 5.43 Å². The van der Waals surface area contributed by atoms with Crippen molar-refractivity contribution >= 4 is 0 Å². The summed E-state index contributed by atoms with van der Waals surface area (Å²) in [5.74, 6) is 9.52. The second-order valence-electron chi connectivity index (χ2n) is 8.94. The van der Waals surface area contributed by atoms with E-state index >= 15 is 0 Å². The molecule has 0 aliphatic heterocycles. The van der Waals surface area contributed by atoms with Crippen LogP contribution >= 0.6 is 0 Å². The molecule has 0 aromatic carbocycles. The number of hydrogen-bond acceptors (Lipinski definition) is 2. The standard InChI is InChI=1S/C18H30N2/c1-4-5-6-15(20-19)10-18-9-14-7-16(2,12-18)11-17(3,8-14)13-18/h1,14-15,20H,5-13,19H2,2-3H3. The van der Waals surface area contributed by atoms with Gasteiger partial charge in [-0.3, -0.25) is 11.3 Å². The van der Waals surface area contributed by atoms with Crippen molar-refractivity contribution in [2.75, 3.05) is 0 Å². The van der Waals surface area contributed by atoms with Gasteiger partial charge >= 0.3 is 0 Å². The quantitative estimate of drug-likeness (QED) is 0.456. The minimum atomic E-state index is 0.398. The third kappa shape index (κ3) is 2.51. The van der Waals surface area contributed by atoms with Crippen LogP contribution in [0.1, 0.15) is 71.6 Å². The van der Waals surface area contributed by atoms with Crippen molar-refractivity contribution < 1.29 is 0 Å². The van der Waals surface area contributed by atoms with Gasteiger partial charge < -0.3 is 0 Å². The molecule has 2 heteroatoms. The lowest BCUT2D eigenvalue weighted by atomic mass is 9.39. The number of rotatable bonds is 5. The second kappa shape index (κ2) is 4.75. The highest BCUT2D eigenvalue weighted by atomic mass is 15.2. The SMILES string of the molecule is C#CCCC(CC12CC3CC(C)(CC(C)(C3)C1)C2)NN. The molecule has 4 bridgehead atoms. The van der Waals surface area contributed by atoms with Crippen LogP contribution in [0.15, 0.2) is 0 Å². The van der Waals surface area contributed by atoms with Gasteiger partial charge in [0.1, 0.15) is 0 Å². The smallest absolute Gasteiger partial charge is 0.0224 e. The van der Waals surface area contributed by atoms with Gasteiger partial charge in [0.2, 0.25) is 0 Å². The molecule has 2 nitrogen and oxygen atoms in total. The first-order valence-electron chi connectivity index (χ1n) is 8.30. The van der Waals surface area contributed by atoms with E-state index in [1.807, 2.05) is 0 Å². The monoisotopic (exact) mass is 274 g/mol. The van der Waals surface area contributed by atoms with Crippen molar-refractivity contribution in [2.24, 2.45) is 28.0 Å². The van der Waals surface area contributed by atoms with E-state index in [4.69, 9.17) is 12.3 Å². The summed E-state index contributed by atoms with van der Waals surface area (Å²) < 4.78 is 0. The second-order valence-corrected chi connectivity index (χ2v) is 8.94. The molecule has 20 heavy (non-hydrogen) atoms.